The van der Waals surface area contributed by atoms with Crippen molar-refractivity contribution in [2.24, 2.45) is 0 Å². The molecule has 1 saturated heterocycles. The Morgan fingerprint density at radius 1 is 1.36 bits per heavy atom. The summed E-state index contributed by atoms with van der Waals surface area (Å²) >= 11 is 5.97. The Bertz CT molecular complexity index is 714. The Morgan fingerprint density at radius 3 is 2.68 bits per heavy atom. The van der Waals surface area contributed by atoms with Gasteiger partial charge in [0.1, 0.15) is 17.9 Å². The third-order valence-corrected chi connectivity index (χ3v) is 5.23. The Hall–Kier alpha value is -2.15. The van der Waals surface area contributed by atoms with E-state index >= 15 is 0 Å². The molecular weight excluding hydrogens is 349 g/mol. The second-order valence-electron chi connectivity index (χ2n) is 6.56. The van der Waals surface area contributed by atoms with Gasteiger partial charge in [0.05, 0.1) is 0 Å². The van der Waals surface area contributed by atoms with Crippen LogP contribution in [0.4, 0.5) is 9.18 Å². The number of likely N-dealkylation sites (N-methyl/N-ethyl adjacent to an activating group) is 1. The molecule has 2 aliphatic rings. The fourth-order valence-electron chi connectivity index (χ4n) is 3.40. The first-order chi connectivity index (χ1) is 11.8. The summed E-state index contributed by atoms with van der Waals surface area (Å²) in [5, 5.41) is 2.95. The van der Waals surface area contributed by atoms with Gasteiger partial charge in [0.25, 0.3) is 5.91 Å². The highest BCUT2D eigenvalue weighted by molar-refractivity contribution is 6.31. The first-order valence-electron chi connectivity index (χ1n) is 8.15. The third kappa shape index (κ3) is 3.20. The van der Waals surface area contributed by atoms with Crippen LogP contribution in [0.2, 0.25) is 5.02 Å². The number of nitrogens with one attached hydrogen (secondary N) is 1. The van der Waals surface area contributed by atoms with E-state index in [2.05, 4.69) is 5.32 Å². The quantitative estimate of drug-likeness (QED) is 0.830. The van der Waals surface area contributed by atoms with E-state index in [9.17, 15) is 18.8 Å². The number of urea groups is 1. The van der Waals surface area contributed by atoms with E-state index < -0.39 is 23.3 Å². The topological polar surface area (TPSA) is 69.7 Å². The molecular formula is C17H19ClFN3O3. The van der Waals surface area contributed by atoms with Gasteiger partial charge in [0.2, 0.25) is 5.91 Å². The van der Waals surface area contributed by atoms with Crippen LogP contribution in [0.1, 0.15) is 31.2 Å². The molecule has 2 fully saturated rings. The van der Waals surface area contributed by atoms with Crippen molar-refractivity contribution in [2.75, 3.05) is 13.6 Å². The summed E-state index contributed by atoms with van der Waals surface area (Å²) in [6.07, 6.45) is 2.95. The molecule has 1 aliphatic carbocycles. The van der Waals surface area contributed by atoms with Gasteiger partial charge >= 0.3 is 6.03 Å². The average Bonchev–Trinajstić information content (AvgIpc) is 3.12. The van der Waals surface area contributed by atoms with E-state index in [1.54, 1.807) is 6.07 Å². The minimum Gasteiger partial charge on any atom is -0.340 e. The van der Waals surface area contributed by atoms with Crippen molar-refractivity contribution in [2.45, 2.75) is 37.8 Å². The molecule has 0 bridgehead atoms. The Balaban J connectivity index is 1.67. The fourth-order valence-corrected chi connectivity index (χ4v) is 3.62. The van der Waals surface area contributed by atoms with Gasteiger partial charge in [0, 0.05) is 24.2 Å². The van der Waals surface area contributed by atoms with Crippen molar-refractivity contribution in [1.29, 1.82) is 0 Å². The molecule has 1 heterocycles. The van der Waals surface area contributed by atoms with E-state index in [4.69, 9.17) is 11.6 Å². The lowest BCUT2D eigenvalue weighted by atomic mass is 9.98. The van der Waals surface area contributed by atoms with Gasteiger partial charge in [-0.05, 0) is 25.0 Å². The van der Waals surface area contributed by atoms with Gasteiger partial charge in [-0.3, -0.25) is 14.5 Å². The number of benzene rings is 1. The molecule has 0 unspecified atom stereocenters. The molecule has 8 heteroatoms. The molecule has 1 aliphatic heterocycles. The van der Waals surface area contributed by atoms with Crippen LogP contribution in [-0.2, 0) is 16.1 Å². The molecule has 25 heavy (non-hydrogen) atoms. The second-order valence-corrected chi connectivity index (χ2v) is 6.97. The van der Waals surface area contributed by atoms with E-state index in [0.717, 1.165) is 17.7 Å². The Kier molecular flexibility index (Phi) is 4.69. The Morgan fingerprint density at radius 2 is 2.04 bits per heavy atom. The standard InChI is InChI=1S/C17H19ClFN3O3/c1-21(9-11-12(18)5-4-6-13(11)19)14(23)10-22-15(24)17(20-16(22)25)7-2-3-8-17/h4-6H,2-3,7-10H2,1H3,(H,20,25). The monoisotopic (exact) mass is 367 g/mol. The lowest BCUT2D eigenvalue weighted by molar-refractivity contribution is -0.138. The first kappa shape index (κ1) is 17.7. The van der Waals surface area contributed by atoms with Crippen LogP contribution in [0.25, 0.3) is 0 Å². The summed E-state index contributed by atoms with van der Waals surface area (Å²) in [5.41, 5.74) is -0.644. The predicted octanol–water partition coefficient (Wildman–Crippen LogP) is 2.30. The molecule has 4 amide bonds. The zero-order valence-corrected chi connectivity index (χ0v) is 14.6. The number of hydrogen-bond acceptors (Lipinski definition) is 3. The third-order valence-electron chi connectivity index (χ3n) is 4.88. The zero-order chi connectivity index (χ0) is 18.2. The molecule has 134 valence electrons. The maximum absolute atomic E-state index is 13.9. The highest BCUT2D eigenvalue weighted by Crippen LogP contribution is 2.35. The van der Waals surface area contributed by atoms with Crippen LogP contribution >= 0.6 is 11.6 Å². The van der Waals surface area contributed by atoms with Gasteiger partial charge in [0.15, 0.2) is 0 Å². The van der Waals surface area contributed by atoms with E-state index in [1.165, 1.54) is 24.1 Å². The van der Waals surface area contributed by atoms with E-state index in [0.29, 0.717) is 12.8 Å². The smallest absolute Gasteiger partial charge is 0.325 e. The van der Waals surface area contributed by atoms with Crippen molar-refractivity contribution in [3.8, 4) is 0 Å². The van der Waals surface area contributed by atoms with Gasteiger partial charge < -0.3 is 10.2 Å². The number of carbonyl (C=O) groups excluding carboxylic acids is 3. The van der Waals surface area contributed by atoms with Gasteiger partial charge in [-0.1, -0.05) is 30.5 Å². The van der Waals surface area contributed by atoms with Gasteiger partial charge in [-0.15, -0.1) is 0 Å². The molecule has 0 radical (unpaired) electrons. The van der Waals surface area contributed by atoms with Crippen molar-refractivity contribution in [3.63, 3.8) is 0 Å². The predicted molar refractivity (Wildman–Crippen MR) is 89.3 cm³/mol. The molecule has 1 aromatic rings. The van der Waals surface area contributed by atoms with Crippen LogP contribution in [0.15, 0.2) is 18.2 Å². The molecule has 1 spiro atoms. The molecule has 1 saturated carbocycles. The minimum absolute atomic E-state index is 0.0425. The van der Waals surface area contributed by atoms with Crippen LogP contribution in [-0.4, -0.2) is 46.8 Å². The number of imide groups is 1. The number of halogens is 2. The van der Waals surface area contributed by atoms with E-state index in [-0.39, 0.29) is 29.6 Å². The average molecular weight is 368 g/mol. The number of hydrogen-bond donors (Lipinski definition) is 1. The molecule has 1 N–H and O–H groups in total. The lowest BCUT2D eigenvalue weighted by Gasteiger charge is -2.22. The lowest BCUT2D eigenvalue weighted by Crippen LogP contribution is -2.45. The number of nitrogens with zero attached hydrogens (tertiary/aromatic N) is 2. The number of rotatable bonds is 4. The summed E-state index contributed by atoms with van der Waals surface area (Å²) in [6, 6.07) is 3.75. The first-order valence-corrected chi connectivity index (χ1v) is 8.53. The molecule has 1 aromatic carbocycles. The maximum Gasteiger partial charge on any atom is 0.325 e. The molecule has 6 nitrogen and oxygen atoms in total. The second kappa shape index (κ2) is 6.63. The summed E-state index contributed by atoms with van der Waals surface area (Å²) in [7, 11) is 1.48. The van der Waals surface area contributed by atoms with Crippen molar-refractivity contribution in [1.82, 2.24) is 15.1 Å². The van der Waals surface area contributed by atoms with E-state index in [1.807, 2.05) is 0 Å². The largest absolute Gasteiger partial charge is 0.340 e. The zero-order valence-electron chi connectivity index (χ0n) is 13.8. The fraction of sp³-hybridized carbons (Fsp3) is 0.471. The van der Waals surface area contributed by atoms with Crippen LogP contribution in [0.5, 0.6) is 0 Å². The van der Waals surface area contributed by atoms with Crippen molar-refractivity contribution < 1.29 is 18.8 Å². The van der Waals surface area contributed by atoms with Crippen LogP contribution < -0.4 is 5.32 Å². The number of amides is 4. The van der Waals surface area contributed by atoms with Crippen LogP contribution in [0.3, 0.4) is 0 Å². The summed E-state index contributed by atoms with van der Waals surface area (Å²) < 4.78 is 13.9. The van der Waals surface area contributed by atoms with Crippen LogP contribution in [0, 0.1) is 5.82 Å². The summed E-state index contributed by atoms with van der Waals surface area (Å²) in [5.74, 6) is -1.31. The maximum atomic E-state index is 13.9. The molecule has 0 aromatic heterocycles. The highest BCUT2D eigenvalue weighted by atomic mass is 35.5. The molecule has 3 rings (SSSR count). The SMILES string of the molecule is CN(Cc1c(F)cccc1Cl)C(=O)CN1C(=O)NC2(CCCC2)C1=O. The number of carbonyl (C=O) groups is 3. The summed E-state index contributed by atoms with van der Waals surface area (Å²) in [6.45, 7) is -0.409. The van der Waals surface area contributed by atoms with Gasteiger partial charge in [-0.25, -0.2) is 9.18 Å². The van der Waals surface area contributed by atoms with Gasteiger partial charge in [-0.2, -0.15) is 0 Å². The van der Waals surface area contributed by atoms with Crippen molar-refractivity contribution >= 4 is 29.4 Å². The molecule has 0 atom stereocenters. The minimum atomic E-state index is -0.842. The Labute approximate surface area is 149 Å². The highest BCUT2D eigenvalue weighted by Gasteiger charge is 2.52. The summed E-state index contributed by atoms with van der Waals surface area (Å²) in [4.78, 5) is 39.3. The normalized spacial score (nSPS) is 18.8. The van der Waals surface area contributed by atoms with Crippen molar-refractivity contribution in [3.05, 3.63) is 34.6 Å².